The second-order valence-corrected chi connectivity index (χ2v) is 9.23. The van der Waals surface area contributed by atoms with Crippen molar-refractivity contribution < 1.29 is 30.8 Å². The first kappa shape index (κ1) is 20.4. The molecule has 0 fully saturated rings. The fourth-order valence-electron chi connectivity index (χ4n) is 1.98. The number of sulfone groups is 1. The molecule has 0 aliphatic carbocycles. The van der Waals surface area contributed by atoms with E-state index < -0.39 is 48.7 Å². The van der Waals surface area contributed by atoms with Crippen LogP contribution in [0.1, 0.15) is 30.1 Å². The molecule has 0 saturated heterocycles. The lowest BCUT2D eigenvalue weighted by molar-refractivity contribution is 0.0595. The highest BCUT2D eigenvalue weighted by Crippen LogP contribution is 2.20. The van der Waals surface area contributed by atoms with Crippen LogP contribution in [0.3, 0.4) is 0 Å². The molecule has 0 atom stereocenters. The van der Waals surface area contributed by atoms with Crippen LogP contribution in [-0.2, 0) is 24.6 Å². The first-order valence-electron chi connectivity index (χ1n) is 7.19. The summed E-state index contributed by atoms with van der Waals surface area (Å²) in [4.78, 5) is 11.4. The molecule has 7 nitrogen and oxygen atoms in total. The molecule has 1 rings (SSSR count). The zero-order valence-corrected chi connectivity index (χ0v) is 15.0. The second-order valence-electron chi connectivity index (χ2n) is 5.09. The van der Waals surface area contributed by atoms with Crippen LogP contribution in [0.4, 0.5) is 10.1 Å². The van der Waals surface area contributed by atoms with Gasteiger partial charge in [0.25, 0.3) is 0 Å². The van der Waals surface area contributed by atoms with E-state index in [2.05, 4.69) is 4.74 Å². The van der Waals surface area contributed by atoms with Crippen molar-refractivity contribution in [2.45, 2.75) is 19.8 Å². The van der Waals surface area contributed by atoms with Crippen molar-refractivity contribution in [2.75, 3.05) is 29.1 Å². The highest BCUT2D eigenvalue weighted by Gasteiger charge is 2.20. The zero-order valence-electron chi connectivity index (χ0n) is 13.4. The van der Waals surface area contributed by atoms with Crippen LogP contribution in [-0.4, -0.2) is 47.2 Å². The third kappa shape index (κ3) is 6.08. The van der Waals surface area contributed by atoms with E-state index in [1.54, 1.807) is 6.92 Å². The Balaban J connectivity index is 2.80. The third-order valence-electron chi connectivity index (χ3n) is 3.05. The molecule has 0 bridgehead atoms. The molecular weight excluding hydrogens is 361 g/mol. The van der Waals surface area contributed by atoms with E-state index >= 15 is 0 Å². The largest absolute Gasteiger partial charge is 0.465 e. The molecule has 1 aromatic rings. The molecule has 10 heteroatoms. The van der Waals surface area contributed by atoms with Gasteiger partial charge in [-0.2, -0.15) is 0 Å². The second kappa shape index (κ2) is 8.43. The molecule has 0 aliphatic rings. The molecule has 1 N–H and O–H groups in total. The predicted molar refractivity (Wildman–Crippen MR) is 88.7 cm³/mol. The highest BCUT2D eigenvalue weighted by molar-refractivity contribution is 7.93. The average molecular weight is 381 g/mol. The van der Waals surface area contributed by atoms with Crippen LogP contribution < -0.4 is 4.72 Å². The smallest absolute Gasteiger partial charge is 0.340 e. The van der Waals surface area contributed by atoms with Gasteiger partial charge in [-0.15, -0.1) is 0 Å². The molecule has 0 heterocycles. The molecule has 0 saturated carbocycles. The molecule has 24 heavy (non-hydrogen) atoms. The van der Waals surface area contributed by atoms with E-state index in [0.717, 1.165) is 19.2 Å². The quantitative estimate of drug-likeness (QED) is 0.651. The van der Waals surface area contributed by atoms with Crippen LogP contribution in [0.15, 0.2) is 18.2 Å². The van der Waals surface area contributed by atoms with Crippen molar-refractivity contribution in [2.24, 2.45) is 0 Å². The summed E-state index contributed by atoms with van der Waals surface area (Å²) in [6.45, 7) is 1.72. The van der Waals surface area contributed by atoms with Gasteiger partial charge < -0.3 is 4.74 Å². The topological polar surface area (TPSA) is 107 Å². The van der Waals surface area contributed by atoms with Crippen molar-refractivity contribution in [3.63, 3.8) is 0 Å². The summed E-state index contributed by atoms with van der Waals surface area (Å²) in [6, 6.07) is 3.63. The van der Waals surface area contributed by atoms with Crippen LogP contribution in [0.2, 0.25) is 0 Å². The Labute approximate surface area is 141 Å². The maximum Gasteiger partial charge on any atom is 0.340 e. The summed E-state index contributed by atoms with van der Waals surface area (Å²) in [5.74, 6) is -2.72. The lowest BCUT2D eigenvalue weighted by Crippen LogP contribution is -2.21. The number of sulfonamides is 1. The molecule has 0 radical (unpaired) electrons. The number of halogens is 1. The molecule has 1 aromatic carbocycles. The van der Waals surface area contributed by atoms with Gasteiger partial charge in [-0.05, 0) is 25.0 Å². The zero-order chi connectivity index (χ0) is 18.4. The van der Waals surface area contributed by atoms with E-state index in [1.807, 2.05) is 4.72 Å². The van der Waals surface area contributed by atoms with Crippen molar-refractivity contribution >= 4 is 31.5 Å². The summed E-state index contributed by atoms with van der Waals surface area (Å²) in [5.41, 5.74) is -0.794. The number of benzene rings is 1. The van der Waals surface area contributed by atoms with Crippen molar-refractivity contribution in [1.82, 2.24) is 0 Å². The van der Waals surface area contributed by atoms with Crippen LogP contribution in [0.5, 0.6) is 0 Å². The van der Waals surface area contributed by atoms with Gasteiger partial charge in [0.1, 0.15) is 9.84 Å². The minimum Gasteiger partial charge on any atom is -0.465 e. The molecule has 0 aromatic heterocycles. The number of methoxy groups -OCH3 is 1. The van der Waals surface area contributed by atoms with Gasteiger partial charge >= 0.3 is 5.97 Å². The maximum absolute atomic E-state index is 14.1. The first-order chi connectivity index (χ1) is 11.1. The summed E-state index contributed by atoms with van der Waals surface area (Å²) in [7, 11) is -6.16. The number of hydrogen-bond donors (Lipinski definition) is 1. The lowest BCUT2D eigenvalue weighted by atomic mass is 10.2. The van der Waals surface area contributed by atoms with Crippen LogP contribution in [0.25, 0.3) is 0 Å². The summed E-state index contributed by atoms with van der Waals surface area (Å²) in [5, 5.41) is 0. The minimum atomic E-state index is -3.95. The molecule has 136 valence electrons. The molecule has 0 amide bonds. The molecule has 0 spiro atoms. The molecule has 0 unspecified atom stereocenters. The van der Waals surface area contributed by atoms with Crippen molar-refractivity contribution in [3.8, 4) is 0 Å². The lowest BCUT2D eigenvalue weighted by Gasteiger charge is -2.10. The fourth-order valence-corrected chi connectivity index (χ4v) is 4.69. The number of anilines is 1. The van der Waals surface area contributed by atoms with E-state index in [0.29, 0.717) is 6.42 Å². The Hall–Kier alpha value is -1.68. The molecule has 0 aliphatic heterocycles. The minimum absolute atomic E-state index is 0.00369. The van der Waals surface area contributed by atoms with E-state index in [1.165, 1.54) is 6.07 Å². The first-order valence-corrected chi connectivity index (χ1v) is 10.7. The highest BCUT2D eigenvalue weighted by atomic mass is 32.2. The van der Waals surface area contributed by atoms with E-state index in [4.69, 9.17) is 0 Å². The summed E-state index contributed by atoms with van der Waals surface area (Å²) in [6.07, 6.45) is 0.356. The van der Waals surface area contributed by atoms with Crippen LogP contribution >= 0.6 is 0 Å². The van der Waals surface area contributed by atoms with E-state index in [-0.39, 0.29) is 17.9 Å². The third-order valence-corrected chi connectivity index (χ3v) is 6.35. The Morgan fingerprint density at radius 1 is 1.17 bits per heavy atom. The Kier molecular flexibility index (Phi) is 7.15. The Bertz CT molecular complexity index is 789. The number of carbonyl (C=O) groups excluding carboxylic acids is 1. The number of carbonyl (C=O) groups is 1. The average Bonchev–Trinajstić information content (AvgIpc) is 2.47. The predicted octanol–water partition coefficient (Wildman–Crippen LogP) is 1.57. The Morgan fingerprint density at radius 2 is 1.83 bits per heavy atom. The van der Waals surface area contributed by atoms with Crippen molar-refractivity contribution in [1.29, 1.82) is 0 Å². The van der Waals surface area contributed by atoms with Gasteiger partial charge in [-0.25, -0.2) is 26.0 Å². The van der Waals surface area contributed by atoms with Crippen molar-refractivity contribution in [3.05, 3.63) is 29.6 Å². The number of rotatable bonds is 9. The summed E-state index contributed by atoms with van der Waals surface area (Å²) < 4.78 is 67.6. The maximum atomic E-state index is 14.1. The number of ether oxygens (including phenoxy) is 1. The number of esters is 1. The van der Waals surface area contributed by atoms with Gasteiger partial charge in [-0.1, -0.05) is 13.0 Å². The SMILES string of the molecule is CCCS(=O)(=O)CCCS(=O)(=O)Nc1cccc(C(=O)OC)c1F. The van der Waals surface area contributed by atoms with Gasteiger partial charge in [-0.3, -0.25) is 4.72 Å². The summed E-state index contributed by atoms with van der Waals surface area (Å²) >= 11 is 0. The monoisotopic (exact) mass is 381 g/mol. The standard InChI is InChI=1S/C14H20FNO6S2/c1-3-8-23(18,19)9-5-10-24(20,21)16-12-7-4-6-11(13(12)15)14(17)22-2/h4,6-7,16H,3,5,8-10H2,1-2H3. The van der Waals surface area contributed by atoms with Gasteiger partial charge in [0.05, 0.1) is 29.9 Å². The number of nitrogens with one attached hydrogen (secondary N) is 1. The Morgan fingerprint density at radius 3 is 2.42 bits per heavy atom. The van der Waals surface area contributed by atoms with E-state index in [9.17, 15) is 26.0 Å². The number of hydrogen-bond acceptors (Lipinski definition) is 6. The van der Waals surface area contributed by atoms with Gasteiger partial charge in [0, 0.05) is 5.75 Å². The van der Waals surface area contributed by atoms with Gasteiger partial charge in [0.2, 0.25) is 10.0 Å². The fraction of sp³-hybridized carbons (Fsp3) is 0.500. The van der Waals surface area contributed by atoms with Gasteiger partial charge in [0.15, 0.2) is 5.82 Å². The van der Waals surface area contributed by atoms with Crippen LogP contribution in [0, 0.1) is 5.82 Å². The molecular formula is C14H20FNO6S2. The normalized spacial score (nSPS) is 12.0.